The van der Waals surface area contributed by atoms with Crippen LogP contribution in [0.3, 0.4) is 0 Å². The van der Waals surface area contributed by atoms with Crippen LogP contribution in [0.5, 0.6) is 0 Å². The summed E-state index contributed by atoms with van der Waals surface area (Å²) in [5.74, 6) is -0.646. The number of amides is 2. The van der Waals surface area contributed by atoms with E-state index in [4.69, 9.17) is 0 Å². The first-order chi connectivity index (χ1) is 7.25. The smallest absolute Gasteiger partial charge is 0.263 e. The molecule has 1 aromatic heterocycles. The van der Waals surface area contributed by atoms with Gasteiger partial charge in [0.05, 0.1) is 6.42 Å². The van der Waals surface area contributed by atoms with Gasteiger partial charge in [-0.3, -0.25) is 9.59 Å². The minimum Gasteiger partial charge on any atom is -0.272 e. The molecular weight excluding hydrogens is 232 g/mol. The van der Waals surface area contributed by atoms with Crippen LogP contribution in [-0.4, -0.2) is 22.0 Å². The van der Waals surface area contributed by atoms with Crippen molar-refractivity contribution in [2.24, 2.45) is 0 Å². The second kappa shape index (κ2) is 4.67. The van der Waals surface area contributed by atoms with Crippen molar-refractivity contribution in [3.05, 3.63) is 24.4 Å². The van der Waals surface area contributed by atoms with E-state index in [2.05, 4.69) is 10.3 Å². The number of nitrogens with zero attached hydrogens (tertiary/aromatic N) is 2. The van der Waals surface area contributed by atoms with Crippen LogP contribution >= 0.6 is 21.6 Å². The number of aromatic nitrogens is 1. The fraction of sp³-hybridized carbons (Fsp3) is 0.222. The molecule has 0 aromatic carbocycles. The van der Waals surface area contributed by atoms with Crippen LogP contribution in [0.4, 0.5) is 0 Å². The van der Waals surface area contributed by atoms with Gasteiger partial charge in [0.2, 0.25) is 0 Å². The fourth-order valence-electron chi connectivity index (χ4n) is 1.07. The largest absolute Gasteiger partial charge is 0.272 e. The molecule has 6 heteroatoms. The first kappa shape index (κ1) is 10.5. The lowest BCUT2D eigenvalue weighted by Crippen LogP contribution is -2.15. The molecule has 1 radical (unpaired) electrons. The molecule has 1 atom stereocenters. The summed E-state index contributed by atoms with van der Waals surface area (Å²) in [7, 11) is 2.73. The van der Waals surface area contributed by atoms with Crippen molar-refractivity contribution in [1.82, 2.24) is 10.3 Å². The molecule has 1 aliphatic rings. The average molecular weight is 239 g/mol. The van der Waals surface area contributed by atoms with Crippen LogP contribution in [0.25, 0.3) is 0 Å². The summed E-state index contributed by atoms with van der Waals surface area (Å²) in [6.07, 6.45) is 1.90. The predicted octanol–water partition coefficient (Wildman–Crippen LogP) is 1.25. The minimum atomic E-state index is -0.343. The molecule has 1 aliphatic heterocycles. The highest BCUT2D eigenvalue weighted by molar-refractivity contribution is 8.77. The molecule has 15 heavy (non-hydrogen) atoms. The molecule has 1 fully saturated rings. The predicted molar refractivity (Wildman–Crippen MR) is 58.2 cm³/mol. The van der Waals surface area contributed by atoms with E-state index in [-0.39, 0.29) is 23.5 Å². The second-order valence-corrected chi connectivity index (χ2v) is 5.31. The molecule has 77 valence electrons. The lowest BCUT2D eigenvalue weighted by Gasteiger charge is -2.02. The van der Waals surface area contributed by atoms with Gasteiger partial charge in [0.15, 0.2) is 0 Å². The molecule has 2 rings (SSSR count). The van der Waals surface area contributed by atoms with Gasteiger partial charge in [-0.1, -0.05) is 16.9 Å². The van der Waals surface area contributed by atoms with Gasteiger partial charge >= 0.3 is 0 Å². The summed E-state index contributed by atoms with van der Waals surface area (Å²) in [5.41, 5.74) is 0. The maximum atomic E-state index is 11.2. The highest BCUT2D eigenvalue weighted by Gasteiger charge is 2.33. The number of carbonyl (C=O) groups is 2. The van der Waals surface area contributed by atoms with E-state index in [1.54, 1.807) is 6.20 Å². The number of pyridine rings is 1. The zero-order chi connectivity index (χ0) is 10.7. The quantitative estimate of drug-likeness (QED) is 0.587. The maximum absolute atomic E-state index is 11.2. The molecule has 0 aliphatic carbocycles. The van der Waals surface area contributed by atoms with E-state index in [0.717, 1.165) is 5.03 Å². The minimum absolute atomic E-state index is 0.212. The summed E-state index contributed by atoms with van der Waals surface area (Å²) in [6.45, 7) is 0. The Bertz CT molecular complexity index is 383. The van der Waals surface area contributed by atoms with E-state index in [1.807, 2.05) is 18.2 Å². The van der Waals surface area contributed by atoms with Crippen molar-refractivity contribution < 1.29 is 9.59 Å². The summed E-state index contributed by atoms with van der Waals surface area (Å²) in [4.78, 5) is 26.1. The SMILES string of the molecule is O=C1CC(SSc2ccccn2)C(=O)[N]1. The Morgan fingerprint density at radius 2 is 2.20 bits per heavy atom. The van der Waals surface area contributed by atoms with E-state index in [1.165, 1.54) is 21.6 Å². The van der Waals surface area contributed by atoms with Crippen molar-refractivity contribution >= 4 is 33.4 Å². The number of carbonyl (C=O) groups excluding carboxylic acids is 2. The molecule has 0 bridgehead atoms. The normalized spacial score (nSPS) is 20.4. The molecule has 4 nitrogen and oxygen atoms in total. The number of hydrogen-bond acceptors (Lipinski definition) is 5. The van der Waals surface area contributed by atoms with Gasteiger partial charge in [0, 0.05) is 6.20 Å². The van der Waals surface area contributed by atoms with Crippen LogP contribution < -0.4 is 5.32 Å². The Kier molecular flexibility index (Phi) is 3.27. The Hall–Kier alpha value is -1.01. The molecule has 0 spiro atoms. The van der Waals surface area contributed by atoms with Gasteiger partial charge < -0.3 is 0 Å². The first-order valence-electron chi connectivity index (χ1n) is 4.28. The van der Waals surface area contributed by atoms with Crippen molar-refractivity contribution in [3.8, 4) is 0 Å². The van der Waals surface area contributed by atoms with Crippen molar-refractivity contribution in [1.29, 1.82) is 0 Å². The molecule has 0 N–H and O–H groups in total. The van der Waals surface area contributed by atoms with E-state index >= 15 is 0 Å². The summed E-state index contributed by atoms with van der Waals surface area (Å²) in [6, 6.07) is 5.56. The Morgan fingerprint density at radius 1 is 1.33 bits per heavy atom. The molecule has 1 aromatic rings. The van der Waals surface area contributed by atoms with Gasteiger partial charge in [-0.05, 0) is 22.9 Å². The number of hydrogen-bond donors (Lipinski definition) is 0. The van der Waals surface area contributed by atoms with Crippen LogP contribution in [0.1, 0.15) is 6.42 Å². The zero-order valence-corrected chi connectivity index (χ0v) is 9.25. The Labute approximate surface area is 94.6 Å². The second-order valence-electron chi connectivity index (χ2n) is 2.88. The van der Waals surface area contributed by atoms with Gasteiger partial charge in [-0.2, -0.15) is 5.32 Å². The highest BCUT2D eigenvalue weighted by Crippen LogP contribution is 2.36. The topological polar surface area (TPSA) is 61.1 Å². The van der Waals surface area contributed by atoms with Gasteiger partial charge in [0.1, 0.15) is 10.3 Å². The summed E-state index contributed by atoms with van der Waals surface area (Å²) >= 11 is 0. The van der Waals surface area contributed by atoms with E-state index in [9.17, 15) is 9.59 Å². The molecule has 1 saturated heterocycles. The summed E-state index contributed by atoms with van der Waals surface area (Å²) in [5, 5.41) is 3.84. The molecular formula is C9H7N2O2S2. The molecule has 1 unspecified atom stereocenters. The van der Waals surface area contributed by atoms with Crippen LogP contribution in [0.15, 0.2) is 29.4 Å². The number of rotatable bonds is 3. The molecule has 2 heterocycles. The molecule has 2 amide bonds. The van der Waals surface area contributed by atoms with E-state index in [0.29, 0.717) is 0 Å². The van der Waals surface area contributed by atoms with Crippen LogP contribution in [0.2, 0.25) is 0 Å². The maximum Gasteiger partial charge on any atom is 0.263 e. The summed E-state index contributed by atoms with van der Waals surface area (Å²) < 4.78 is 0. The third kappa shape index (κ3) is 2.73. The van der Waals surface area contributed by atoms with Gasteiger partial charge in [-0.25, -0.2) is 4.98 Å². The average Bonchev–Trinajstić information content (AvgIpc) is 2.56. The fourth-order valence-corrected chi connectivity index (χ4v) is 3.25. The van der Waals surface area contributed by atoms with Crippen molar-refractivity contribution in [3.63, 3.8) is 0 Å². The van der Waals surface area contributed by atoms with Crippen molar-refractivity contribution in [2.45, 2.75) is 16.7 Å². The first-order valence-corrected chi connectivity index (χ1v) is 6.50. The molecule has 0 saturated carbocycles. The van der Waals surface area contributed by atoms with Gasteiger partial charge in [0.25, 0.3) is 11.8 Å². The lowest BCUT2D eigenvalue weighted by molar-refractivity contribution is -0.125. The Morgan fingerprint density at radius 3 is 2.80 bits per heavy atom. The standard InChI is InChI=1S/C9H7N2O2S2/c12-7-5-6(9(13)11-7)14-15-8-3-1-2-4-10-8/h1-4,6H,5H2. The third-order valence-electron chi connectivity index (χ3n) is 1.76. The Balaban J connectivity index is 1.89. The monoisotopic (exact) mass is 239 g/mol. The highest BCUT2D eigenvalue weighted by atomic mass is 33.1. The van der Waals surface area contributed by atoms with Crippen molar-refractivity contribution in [2.75, 3.05) is 0 Å². The lowest BCUT2D eigenvalue weighted by atomic mass is 10.4. The third-order valence-corrected chi connectivity index (χ3v) is 4.36. The van der Waals surface area contributed by atoms with Gasteiger partial charge in [-0.15, -0.1) is 0 Å². The van der Waals surface area contributed by atoms with Crippen LogP contribution in [-0.2, 0) is 9.59 Å². The zero-order valence-electron chi connectivity index (χ0n) is 7.62. The van der Waals surface area contributed by atoms with Crippen LogP contribution in [0, 0.1) is 0 Å². The number of imide groups is 1. The van der Waals surface area contributed by atoms with E-state index < -0.39 is 0 Å².